The van der Waals surface area contributed by atoms with Crippen molar-refractivity contribution in [1.82, 2.24) is 9.97 Å². The highest BCUT2D eigenvalue weighted by atomic mass is 35.5. The number of nitrogens with zero attached hydrogens (tertiary/aromatic N) is 3. The van der Waals surface area contributed by atoms with Gasteiger partial charge in [-0.2, -0.15) is 13.2 Å². The molecule has 0 spiro atoms. The molecule has 4 nitrogen and oxygen atoms in total. The zero-order valence-electron chi connectivity index (χ0n) is 12.2. The summed E-state index contributed by atoms with van der Waals surface area (Å²) in [4.78, 5) is 8.98. The predicted molar refractivity (Wildman–Crippen MR) is 75.6 cm³/mol. The largest absolute Gasteiger partial charge is 0.433 e. The molecule has 8 heteroatoms. The van der Waals surface area contributed by atoms with Crippen molar-refractivity contribution in [3.63, 3.8) is 0 Å². The van der Waals surface area contributed by atoms with Gasteiger partial charge >= 0.3 is 6.18 Å². The summed E-state index contributed by atoms with van der Waals surface area (Å²) in [5.41, 5.74) is -1.04. The molecule has 1 aromatic heterocycles. The van der Waals surface area contributed by atoms with Crippen molar-refractivity contribution in [2.45, 2.75) is 38.9 Å². The van der Waals surface area contributed by atoms with Crippen molar-refractivity contribution >= 4 is 17.4 Å². The summed E-state index contributed by atoms with van der Waals surface area (Å²) in [7, 11) is 1.54. The van der Waals surface area contributed by atoms with Gasteiger partial charge in [0, 0.05) is 25.8 Å². The number of ether oxygens (including phenoxy) is 1. The second-order valence-electron chi connectivity index (χ2n) is 4.53. The summed E-state index contributed by atoms with van der Waals surface area (Å²) in [6.07, 6.45) is -2.99. The molecule has 0 aliphatic heterocycles. The van der Waals surface area contributed by atoms with Crippen LogP contribution in [-0.2, 0) is 10.9 Å². The Morgan fingerprint density at radius 3 is 2.38 bits per heavy atom. The van der Waals surface area contributed by atoms with Gasteiger partial charge in [0.15, 0.2) is 5.69 Å². The first kappa shape index (κ1) is 18.0. The van der Waals surface area contributed by atoms with E-state index in [0.717, 1.165) is 18.9 Å². The maximum Gasteiger partial charge on any atom is 0.433 e. The number of hydrogen-bond acceptors (Lipinski definition) is 4. The second-order valence-corrected chi connectivity index (χ2v) is 4.87. The highest BCUT2D eigenvalue weighted by Crippen LogP contribution is 2.31. The molecule has 0 aromatic carbocycles. The summed E-state index contributed by atoms with van der Waals surface area (Å²) in [5, 5.41) is -0.409. The maximum absolute atomic E-state index is 12.8. The zero-order valence-corrected chi connectivity index (χ0v) is 13.0. The van der Waals surface area contributed by atoms with Crippen LogP contribution in [-0.4, -0.2) is 36.3 Å². The Labute approximate surface area is 127 Å². The van der Waals surface area contributed by atoms with Gasteiger partial charge in [0.25, 0.3) is 0 Å². The third-order valence-corrected chi connectivity index (χ3v) is 3.36. The van der Waals surface area contributed by atoms with Crippen molar-refractivity contribution in [2.24, 2.45) is 0 Å². The first-order chi connectivity index (χ1) is 9.83. The second kappa shape index (κ2) is 7.79. The van der Waals surface area contributed by atoms with Crippen LogP contribution in [0.5, 0.6) is 0 Å². The molecule has 0 saturated carbocycles. The average Bonchev–Trinajstić information content (AvgIpc) is 2.41. The van der Waals surface area contributed by atoms with Gasteiger partial charge in [-0.3, -0.25) is 0 Å². The molecule has 0 bridgehead atoms. The maximum atomic E-state index is 12.8. The Kier molecular flexibility index (Phi) is 6.67. The lowest BCUT2D eigenvalue weighted by Gasteiger charge is -2.31. The third-order valence-electron chi connectivity index (χ3n) is 3.19. The standard InChI is InChI=1S/C13H19ClF3N3O/c1-4-9(5-2)20(6-7-21-3)11-8-10(13(15,16)17)18-12(14)19-11/h8-9H,4-7H2,1-3H3. The van der Waals surface area contributed by atoms with E-state index < -0.39 is 17.2 Å². The number of hydrogen-bond donors (Lipinski definition) is 0. The fourth-order valence-corrected chi connectivity index (χ4v) is 2.28. The average molecular weight is 326 g/mol. The van der Waals surface area contributed by atoms with Gasteiger partial charge in [-0.15, -0.1) is 0 Å². The summed E-state index contributed by atoms with van der Waals surface area (Å²) in [6, 6.07) is 0.993. The van der Waals surface area contributed by atoms with Crippen molar-refractivity contribution in [2.75, 3.05) is 25.2 Å². The van der Waals surface area contributed by atoms with Crippen molar-refractivity contribution in [1.29, 1.82) is 0 Å². The molecular formula is C13H19ClF3N3O. The smallest absolute Gasteiger partial charge is 0.383 e. The SMILES string of the molecule is CCC(CC)N(CCOC)c1cc(C(F)(F)F)nc(Cl)n1. The molecule has 0 N–H and O–H groups in total. The molecule has 0 atom stereocenters. The molecule has 0 fully saturated rings. The van der Waals surface area contributed by atoms with Crippen LogP contribution in [0.1, 0.15) is 32.4 Å². The molecule has 1 aromatic rings. The number of rotatable bonds is 7. The fourth-order valence-electron chi connectivity index (χ4n) is 2.10. The lowest BCUT2D eigenvalue weighted by atomic mass is 10.1. The Hall–Kier alpha value is -1.08. The quantitative estimate of drug-likeness (QED) is 0.715. The van der Waals surface area contributed by atoms with E-state index in [9.17, 15) is 13.2 Å². The number of methoxy groups -OCH3 is 1. The molecule has 1 rings (SSSR count). The van der Waals surface area contributed by atoms with Gasteiger partial charge in [-0.25, -0.2) is 9.97 Å². The summed E-state index contributed by atoms with van der Waals surface area (Å²) < 4.78 is 43.5. The van der Waals surface area contributed by atoms with Crippen LogP contribution in [0.2, 0.25) is 5.28 Å². The first-order valence-electron chi connectivity index (χ1n) is 6.70. The summed E-state index contributed by atoms with van der Waals surface area (Å²) in [6.45, 7) is 4.77. The molecule has 0 aliphatic rings. The number of anilines is 1. The van der Waals surface area contributed by atoms with Gasteiger partial charge in [0.1, 0.15) is 5.82 Å². The van der Waals surface area contributed by atoms with Crippen LogP contribution >= 0.6 is 11.6 Å². The van der Waals surface area contributed by atoms with E-state index >= 15 is 0 Å². The van der Waals surface area contributed by atoms with Gasteiger partial charge < -0.3 is 9.64 Å². The van der Waals surface area contributed by atoms with E-state index in [2.05, 4.69) is 9.97 Å². The van der Waals surface area contributed by atoms with E-state index in [-0.39, 0.29) is 11.9 Å². The monoisotopic (exact) mass is 325 g/mol. The van der Waals surface area contributed by atoms with E-state index in [4.69, 9.17) is 16.3 Å². The highest BCUT2D eigenvalue weighted by molar-refractivity contribution is 6.28. The minimum atomic E-state index is -4.55. The normalized spacial score (nSPS) is 12.0. The molecule has 0 amide bonds. The predicted octanol–water partition coefficient (Wildman–Crippen LogP) is 3.79. The molecule has 0 aliphatic carbocycles. The number of aromatic nitrogens is 2. The summed E-state index contributed by atoms with van der Waals surface area (Å²) >= 11 is 5.65. The van der Waals surface area contributed by atoms with E-state index in [1.54, 1.807) is 12.0 Å². The topological polar surface area (TPSA) is 38.2 Å². The van der Waals surface area contributed by atoms with Crippen LogP contribution in [0.25, 0.3) is 0 Å². The van der Waals surface area contributed by atoms with Crippen LogP contribution < -0.4 is 4.90 Å². The Morgan fingerprint density at radius 1 is 1.29 bits per heavy atom. The number of halogens is 4. The van der Waals surface area contributed by atoms with E-state index in [0.29, 0.717) is 13.2 Å². The number of alkyl halides is 3. The molecule has 1 heterocycles. The van der Waals surface area contributed by atoms with E-state index in [1.807, 2.05) is 13.8 Å². The van der Waals surface area contributed by atoms with Gasteiger partial charge in [-0.05, 0) is 24.4 Å². The van der Waals surface area contributed by atoms with Crippen LogP contribution in [0, 0.1) is 0 Å². The fraction of sp³-hybridized carbons (Fsp3) is 0.692. The molecule has 21 heavy (non-hydrogen) atoms. The lowest BCUT2D eigenvalue weighted by molar-refractivity contribution is -0.141. The van der Waals surface area contributed by atoms with Gasteiger partial charge in [-0.1, -0.05) is 13.8 Å². The van der Waals surface area contributed by atoms with Gasteiger partial charge in [0.2, 0.25) is 5.28 Å². The molecule has 0 radical (unpaired) electrons. The highest BCUT2D eigenvalue weighted by Gasteiger charge is 2.34. The van der Waals surface area contributed by atoms with Crippen molar-refractivity contribution in [3.8, 4) is 0 Å². The van der Waals surface area contributed by atoms with Crippen LogP contribution in [0.3, 0.4) is 0 Å². The van der Waals surface area contributed by atoms with Crippen molar-refractivity contribution < 1.29 is 17.9 Å². The Bertz CT molecular complexity index is 453. The molecule has 0 saturated heterocycles. The van der Waals surface area contributed by atoms with Crippen LogP contribution in [0.15, 0.2) is 6.07 Å². The minimum absolute atomic E-state index is 0.0622. The summed E-state index contributed by atoms with van der Waals surface area (Å²) in [5.74, 6) is 0.174. The zero-order chi connectivity index (χ0) is 16.0. The van der Waals surface area contributed by atoms with Crippen molar-refractivity contribution in [3.05, 3.63) is 17.0 Å². The third kappa shape index (κ3) is 5.00. The molecule has 120 valence electrons. The van der Waals surface area contributed by atoms with E-state index in [1.165, 1.54) is 0 Å². The lowest BCUT2D eigenvalue weighted by Crippen LogP contribution is -2.38. The Morgan fingerprint density at radius 2 is 1.90 bits per heavy atom. The van der Waals surface area contributed by atoms with Crippen LogP contribution in [0.4, 0.5) is 19.0 Å². The minimum Gasteiger partial charge on any atom is -0.383 e. The first-order valence-corrected chi connectivity index (χ1v) is 7.08. The molecule has 0 unspecified atom stereocenters. The molecular weight excluding hydrogens is 307 g/mol. The Balaban J connectivity index is 3.20. The van der Waals surface area contributed by atoms with Gasteiger partial charge in [0.05, 0.1) is 6.61 Å².